The minimum atomic E-state index is -0.351. The lowest BCUT2D eigenvalue weighted by atomic mass is 10.3. The van der Waals surface area contributed by atoms with Crippen LogP contribution in [-0.4, -0.2) is 69.7 Å². The summed E-state index contributed by atoms with van der Waals surface area (Å²) in [6.07, 6.45) is 1.15. The molecule has 3 heterocycles. The van der Waals surface area contributed by atoms with Gasteiger partial charge in [-0.2, -0.15) is 0 Å². The Bertz CT molecular complexity index is 785. The van der Waals surface area contributed by atoms with Crippen LogP contribution in [0.4, 0.5) is 16.6 Å². The van der Waals surface area contributed by atoms with Crippen molar-refractivity contribution in [2.45, 2.75) is 13.8 Å². The highest BCUT2D eigenvalue weighted by molar-refractivity contribution is 5.92. The van der Waals surface area contributed by atoms with Crippen molar-refractivity contribution in [3.05, 3.63) is 29.8 Å². The third kappa shape index (κ3) is 4.08. The summed E-state index contributed by atoms with van der Waals surface area (Å²) in [6.45, 7) is 5.57. The Kier molecular flexibility index (Phi) is 5.30. The van der Waals surface area contributed by atoms with Gasteiger partial charge >= 0.3 is 6.09 Å². The highest BCUT2D eigenvalue weighted by Crippen LogP contribution is 2.14. The van der Waals surface area contributed by atoms with Crippen molar-refractivity contribution in [2.24, 2.45) is 0 Å². The van der Waals surface area contributed by atoms with Gasteiger partial charge in [0.25, 0.3) is 5.91 Å². The van der Waals surface area contributed by atoms with Crippen molar-refractivity contribution in [3.8, 4) is 0 Å². The van der Waals surface area contributed by atoms with Gasteiger partial charge in [0.05, 0.1) is 6.61 Å². The van der Waals surface area contributed by atoms with Gasteiger partial charge in [-0.3, -0.25) is 4.79 Å². The van der Waals surface area contributed by atoms with Gasteiger partial charge in [-0.25, -0.2) is 14.8 Å². The monoisotopic (exact) mass is 360 g/mol. The average Bonchev–Trinajstić information content (AvgIpc) is 3.06. The molecule has 1 saturated heterocycles. The van der Waals surface area contributed by atoms with Gasteiger partial charge in [-0.1, -0.05) is 5.16 Å². The van der Waals surface area contributed by atoms with Crippen LogP contribution >= 0.6 is 0 Å². The van der Waals surface area contributed by atoms with Gasteiger partial charge < -0.3 is 24.4 Å². The molecule has 2 aromatic heterocycles. The Morgan fingerprint density at radius 3 is 2.65 bits per heavy atom. The summed E-state index contributed by atoms with van der Waals surface area (Å²) in [5.74, 6) is 1.17. The second-order valence-corrected chi connectivity index (χ2v) is 5.69. The number of carbonyl (C=O) groups is 2. The lowest BCUT2D eigenvalue weighted by Crippen LogP contribution is -2.50. The van der Waals surface area contributed by atoms with E-state index in [2.05, 4.69) is 20.4 Å². The fraction of sp³-hybridized carbons (Fsp3) is 0.438. The molecule has 0 atom stereocenters. The zero-order chi connectivity index (χ0) is 18.5. The number of anilines is 2. The molecule has 138 valence electrons. The van der Waals surface area contributed by atoms with Gasteiger partial charge in [0, 0.05) is 38.4 Å². The van der Waals surface area contributed by atoms with E-state index in [4.69, 9.17) is 9.26 Å². The first-order valence-electron chi connectivity index (χ1n) is 8.31. The molecule has 1 aliphatic rings. The molecule has 10 nitrogen and oxygen atoms in total. The van der Waals surface area contributed by atoms with E-state index in [1.165, 1.54) is 6.20 Å². The molecule has 1 fully saturated rings. The second kappa shape index (κ2) is 7.81. The lowest BCUT2D eigenvalue weighted by Gasteiger charge is -2.33. The first-order valence-corrected chi connectivity index (χ1v) is 8.31. The minimum Gasteiger partial charge on any atom is -0.450 e. The summed E-state index contributed by atoms with van der Waals surface area (Å²) in [7, 11) is 0. The predicted molar refractivity (Wildman–Crippen MR) is 91.1 cm³/mol. The van der Waals surface area contributed by atoms with Crippen LogP contribution in [0.15, 0.2) is 22.9 Å². The van der Waals surface area contributed by atoms with E-state index in [0.717, 1.165) is 0 Å². The summed E-state index contributed by atoms with van der Waals surface area (Å²) >= 11 is 0. The molecule has 0 bridgehead atoms. The number of piperazine rings is 1. The number of nitrogens with one attached hydrogen (secondary N) is 1. The Balaban J connectivity index is 1.61. The van der Waals surface area contributed by atoms with E-state index in [1.807, 2.05) is 0 Å². The normalized spacial score (nSPS) is 14.2. The van der Waals surface area contributed by atoms with Crippen molar-refractivity contribution in [1.82, 2.24) is 24.9 Å². The van der Waals surface area contributed by atoms with Gasteiger partial charge in [0.2, 0.25) is 5.95 Å². The maximum absolute atomic E-state index is 12.6. The Morgan fingerprint density at radius 1 is 1.27 bits per heavy atom. The van der Waals surface area contributed by atoms with Gasteiger partial charge in [0.1, 0.15) is 11.5 Å². The van der Waals surface area contributed by atoms with E-state index >= 15 is 0 Å². The summed E-state index contributed by atoms with van der Waals surface area (Å²) in [6, 6.07) is 3.26. The summed E-state index contributed by atoms with van der Waals surface area (Å²) in [5.41, 5.74) is 0.271. The van der Waals surface area contributed by atoms with E-state index in [-0.39, 0.29) is 23.6 Å². The molecule has 3 rings (SSSR count). The Hall–Kier alpha value is -3.17. The van der Waals surface area contributed by atoms with Gasteiger partial charge in [-0.05, 0) is 19.9 Å². The maximum atomic E-state index is 12.6. The Labute approximate surface area is 150 Å². The number of rotatable bonds is 4. The number of amides is 2. The molecule has 1 aliphatic heterocycles. The number of aryl methyl sites for hydroxylation is 1. The van der Waals surface area contributed by atoms with Crippen molar-refractivity contribution in [3.63, 3.8) is 0 Å². The summed E-state index contributed by atoms with van der Waals surface area (Å²) < 4.78 is 9.95. The van der Waals surface area contributed by atoms with Crippen LogP contribution in [0.1, 0.15) is 23.2 Å². The third-order valence-corrected chi connectivity index (χ3v) is 3.84. The van der Waals surface area contributed by atoms with Crippen LogP contribution in [-0.2, 0) is 4.74 Å². The maximum Gasteiger partial charge on any atom is 0.409 e. The molecule has 0 unspecified atom stereocenters. The fourth-order valence-corrected chi connectivity index (χ4v) is 2.55. The van der Waals surface area contributed by atoms with E-state index in [1.54, 1.807) is 35.8 Å². The largest absolute Gasteiger partial charge is 0.450 e. The lowest BCUT2D eigenvalue weighted by molar-refractivity contribution is 0.0566. The summed E-state index contributed by atoms with van der Waals surface area (Å²) in [4.78, 5) is 35.9. The van der Waals surface area contributed by atoms with Crippen LogP contribution < -0.4 is 5.32 Å². The standard InChI is InChI=1S/C16H20N6O4/c1-3-25-16(24)22-8-6-21(7-9-22)14(23)12-4-5-17-15(18-12)19-13-10-11(2)26-20-13/h4-5,10H,3,6-9H2,1-2H3,(H,17,18,19,20). The molecule has 26 heavy (non-hydrogen) atoms. The van der Waals surface area contributed by atoms with E-state index in [9.17, 15) is 9.59 Å². The zero-order valence-corrected chi connectivity index (χ0v) is 14.6. The van der Waals surface area contributed by atoms with Crippen molar-refractivity contribution < 1.29 is 18.8 Å². The van der Waals surface area contributed by atoms with Crippen LogP contribution in [0.3, 0.4) is 0 Å². The fourth-order valence-electron chi connectivity index (χ4n) is 2.55. The number of carbonyl (C=O) groups excluding carboxylic acids is 2. The quantitative estimate of drug-likeness (QED) is 0.871. The van der Waals surface area contributed by atoms with Gasteiger partial charge in [-0.15, -0.1) is 0 Å². The molecule has 0 aromatic carbocycles. The van der Waals surface area contributed by atoms with E-state index < -0.39 is 0 Å². The number of hydrogen-bond acceptors (Lipinski definition) is 8. The molecular weight excluding hydrogens is 340 g/mol. The number of hydrogen-bond donors (Lipinski definition) is 1. The molecule has 0 radical (unpaired) electrons. The van der Waals surface area contributed by atoms with E-state index in [0.29, 0.717) is 44.4 Å². The first kappa shape index (κ1) is 17.6. The molecule has 2 aromatic rings. The number of ether oxygens (including phenoxy) is 1. The second-order valence-electron chi connectivity index (χ2n) is 5.69. The predicted octanol–water partition coefficient (Wildman–Crippen LogP) is 1.43. The van der Waals surface area contributed by atoms with Crippen molar-refractivity contribution in [1.29, 1.82) is 0 Å². The molecule has 10 heteroatoms. The molecular formula is C16H20N6O4. The van der Waals surface area contributed by atoms with Crippen LogP contribution in [0.25, 0.3) is 0 Å². The number of aromatic nitrogens is 3. The molecule has 0 spiro atoms. The smallest absolute Gasteiger partial charge is 0.409 e. The summed E-state index contributed by atoms with van der Waals surface area (Å²) in [5, 5.41) is 6.70. The van der Waals surface area contributed by atoms with Crippen LogP contribution in [0.5, 0.6) is 0 Å². The topological polar surface area (TPSA) is 114 Å². The molecule has 2 amide bonds. The van der Waals surface area contributed by atoms with Crippen molar-refractivity contribution >= 4 is 23.8 Å². The Morgan fingerprint density at radius 2 is 2.00 bits per heavy atom. The molecule has 0 saturated carbocycles. The van der Waals surface area contributed by atoms with Gasteiger partial charge in [0.15, 0.2) is 5.82 Å². The average molecular weight is 360 g/mol. The third-order valence-electron chi connectivity index (χ3n) is 3.84. The minimum absolute atomic E-state index is 0.213. The highest BCUT2D eigenvalue weighted by atomic mass is 16.6. The molecule has 0 aliphatic carbocycles. The van der Waals surface area contributed by atoms with Crippen LogP contribution in [0, 0.1) is 6.92 Å². The van der Waals surface area contributed by atoms with Crippen LogP contribution in [0.2, 0.25) is 0 Å². The molecule has 1 N–H and O–H groups in total. The number of nitrogens with zero attached hydrogens (tertiary/aromatic N) is 5. The highest BCUT2D eigenvalue weighted by Gasteiger charge is 2.26. The zero-order valence-electron chi connectivity index (χ0n) is 14.6. The first-order chi connectivity index (χ1) is 12.6. The SMILES string of the molecule is CCOC(=O)N1CCN(C(=O)c2ccnc(Nc3cc(C)on3)n2)CC1. The van der Waals surface area contributed by atoms with Crippen molar-refractivity contribution in [2.75, 3.05) is 38.1 Å².